The van der Waals surface area contributed by atoms with E-state index in [2.05, 4.69) is 31.9 Å². The Kier molecular flexibility index (Phi) is 3.76. The van der Waals surface area contributed by atoms with E-state index in [-0.39, 0.29) is 34.4 Å². The summed E-state index contributed by atoms with van der Waals surface area (Å²) in [6.07, 6.45) is -1.52. The molecule has 118 valence electrons. The maximum atomic E-state index is 14.1. The number of carbonyl (C=O) groups excluding carboxylic acids is 1. The summed E-state index contributed by atoms with van der Waals surface area (Å²) in [5.74, 6) is -0.544. The largest absolute Gasteiger partial charge is 0.457 e. The van der Waals surface area contributed by atoms with Crippen LogP contribution in [0.25, 0.3) is 11.0 Å². The Balaban J connectivity index is 2.30. The SMILES string of the molecule is [2H]c1cc([2H])c2c(C(=O)c3cc(Br)c(C)c(Br)c3)c(C(C)F)oc2c1. The van der Waals surface area contributed by atoms with Crippen molar-refractivity contribution in [3.8, 4) is 0 Å². The lowest BCUT2D eigenvalue weighted by molar-refractivity contribution is 0.103. The summed E-state index contributed by atoms with van der Waals surface area (Å²) in [6, 6.07) is 6.06. The van der Waals surface area contributed by atoms with Crippen LogP contribution in [0.2, 0.25) is 0 Å². The number of hydrogen-bond acceptors (Lipinski definition) is 2. The van der Waals surface area contributed by atoms with Gasteiger partial charge in [0, 0.05) is 19.9 Å². The lowest BCUT2D eigenvalue weighted by Gasteiger charge is -2.07. The van der Waals surface area contributed by atoms with Gasteiger partial charge in [-0.15, -0.1) is 0 Å². The van der Waals surface area contributed by atoms with Gasteiger partial charge in [-0.25, -0.2) is 4.39 Å². The van der Waals surface area contributed by atoms with Crippen molar-refractivity contribution in [2.24, 2.45) is 0 Å². The number of benzene rings is 2. The van der Waals surface area contributed by atoms with Gasteiger partial charge < -0.3 is 4.42 Å². The minimum absolute atomic E-state index is 0.0354. The minimum atomic E-state index is -1.52. The Hall–Kier alpha value is -1.46. The number of para-hydroxylation sites is 1. The predicted octanol–water partition coefficient (Wildman–Crippen LogP) is 6.53. The summed E-state index contributed by atoms with van der Waals surface area (Å²) < 4.78 is 36.9. The summed E-state index contributed by atoms with van der Waals surface area (Å²) >= 11 is 6.82. The van der Waals surface area contributed by atoms with E-state index in [4.69, 9.17) is 7.16 Å². The molecule has 3 rings (SSSR count). The van der Waals surface area contributed by atoms with Gasteiger partial charge in [-0.3, -0.25) is 4.79 Å². The second-order valence-corrected chi connectivity index (χ2v) is 6.90. The molecule has 0 fully saturated rings. The third-order valence-corrected chi connectivity index (χ3v) is 5.26. The summed E-state index contributed by atoms with van der Waals surface area (Å²) in [7, 11) is 0. The third kappa shape index (κ3) is 2.88. The monoisotopic (exact) mass is 440 g/mol. The molecule has 0 N–H and O–H groups in total. The van der Waals surface area contributed by atoms with Crippen molar-refractivity contribution in [1.82, 2.24) is 0 Å². The Morgan fingerprint density at radius 1 is 1.35 bits per heavy atom. The van der Waals surface area contributed by atoms with Crippen molar-refractivity contribution in [2.75, 3.05) is 0 Å². The fourth-order valence-corrected chi connectivity index (χ4v) is 3.56. The van der Waals surface area contributed by atoms with Gasteiger partial charge in [-0.2, -0.15) is 0 Å². The van der Waals surface area contributed by atoms with E-state index in [0.29, 0.717) is 5.56 Å². The Labute approximate surface area is 152 Å². The highest BCUT2D eigenvalue weighted by Crippen LogP contribution is 2.35. The molecule has 3 aromatic rings. The Morgan fingerprint density at radius 2 is 2.00 bits per heavy atom. The van der Waals surface area contributed by atoms with E-state index in [1.54, 1.807) is 12.1 Å². The lowest BCUT2D eigenvalue weighted by Crippen LogP contribution is -2.05. The standard InChI is InChI=1S/C18H13Br2FO2/c1-9-13(19)7-11(8-14(9)20)17(22)16-12-5-3-4-6-15(12)23-18(16)10(2)21/h3-8,10H,1-2H3/i4D,5D. The Morgan fingerprint density at radius 3 is 2.61 bits per heavy atom. The summed E-state index contributed by atoms with van der Waals surface area (Å²) in [6.45, 7) is 3.17. The molecule has 0 amide bonds. The highest BCUT2D eigenvalue weighted by molar-refractivity contribution is 9.11. The van der Waals surface area contributed by atoms with Crippen LogP contribution in [-0.4, -0.2) is 5.78 Å². The zero-order valence-electron chi connectivity index (χ0n) is 14.3. The molecule has 0 aliphatic heterocycles. The van der Waals surface area contributed by atoms with Gasteiger partial charge in [0.2, 0.25) is 0 Å². The highest BCUT2D eigenvalue weighted by atomic mass is 79.9. The van der Waals surface area contributed by atoms with Crippen LogP contribution in [-0.2, 0) is 0 Å². The number of hydrogen-bond donors (Lipinski definition) is 0. The molecule has 1 unspecified atom stereocenters. The van der Waals surface area contributed by atoms with Crippen LogP contribution in [0.5, 0.6) is 0 Å². The number of ketones is 1. The first kappa shape index (κ1) is 13.9. The Bertz CT molecular complexity index is 989. The van der Waals surface area contributed by atoms with Crippen LogP contribution in [0, 0.1) is 6.92 Å². The molecule has 2 aromatic carbocycles. The van der Waals surface area contributed by atoms with Gasteiger partial charge in [0.1, 0.15) is 11.3 Å². The number of furan rings is 1. The van der Waals surface area contributed by atoms with Crippen molar-refractivity contribution in [2.45, 2.75) is 20.0 Å². The van der Waals surface area contributed by atoms with E-state index < -0.39 is 12.0 Å². The van der Waals surface area contributed by atoms with Crippen LogP contribution in [0.4, 0.5) is 4.39 Å². The molecular formula is C18H13Br2FO2. The molecule has 2 nitrogen and oxygen atoms in total. The topological polar surface area (TPSA) is 30.2 Å². The van der Waals surface area contributed by atoms with Gasteiger partial charge in [0.15, 0.2) is 12.0 Å². The van der Waals surface area contributed by atoms with E-state index in [0.717, 1.165) is 14.5 Å². The molecule has 0 aliphatic carbocycles. The fourth-order valence-electron chi connectivity index (χ4n) is 2.37. The highest BCUT2D eigenvalue weighted by Gasteiger charge is 2.25. The van der Waals surface area contributed by atoms with E-state index in [1.807, 2.05) is 6.92 Å². The molecule has 0 saturated carbocycles. The van der Waals surface area contributed by atoms with E-state index in [1.165, 1.54) is 19.1 Å². The first-order valence-corrected chi connectivity index (χ1v) is 8.47. The fraction of sp³-hybridized carbons (Fsp3) is 0.167. The van der Waals surface area contributed by atoms with Crippen LogP contribution < -0.4 is 0 Å². The number of carbonyl (C=O) groups is 1. The molecule has 0 radical (unpaired) electrons. The van der Waals surface area contributed by atoms with Gasteiger partial charge in [0.05, 0.1) is 8.30 Å². The van der Waals surface area contributed by atoms with Crippen LogP contribution in [0.15, 0.2) is 49.7 Å². The summed E-state index contributed by atoms with van der Waals surface area (Å²) in [4.78, 5) is 13.1. The smallest absolute Gasteiger partial charge is 0.197 e. The zero-order chi connectivity index (χ0) is 18.5. The summed E-state index contributed by atoms with van der Waals surface area (Å²) in [5.41, 5.74) is 1.50. The van der Waals surface area contributed by atoms with Gasteiger partial charge in [-0.05, 0) is 37.6 Å². The van der Waals surface area contributed by atoms with Crippen molar-refractivity contribution in [3.05, 3.63) is 67.7 Å². The van der Waals surface area contributed by atoms with Gasteiger partial charge in [0.25, 0.3) is 0 Å². The molecule has 0 aliphatic rings. The van der Waals surface area contributed by atoms with Crippen molar-refractivity contribution in [1.29, 1.82) is 0 Å². The second-order valence-electron chi connectivity index (χ2n) is 5.19. The van der Waals surface area contributed by atoms with Gasteiger partial charge >= 0.3 is 0 Å². The van der Waals surface area contributed by atoms with E-state index >= 15 is 0 Å². The quantitative estimate of drug-likeness (QED) is 0.432. The van der Waals surface area contributed by atoms with Crippen molar-refractivity contribution < 1.29 is 16.3 Å². The van der Waals surface area contributed by atoms with Crippen LogP contribution in [0.1, 0.15) is 43.1 Å². The molecule has 1 heterocycles. The molecule has 1 aromatic heterocycles. The minimum Gasteiger partial charge on any atom is -0.457 e. The number of fused-ring (bicyclic) bond motifs is 1. The first-order chi connectivity index (χ1) is 11.7. The maximum Gasteiger partial charge on any atom is 0.197 e. The predicted molar refractivity (Wildman–Crippen MR) is 95.7 cm³/mol. The molecular weight excluding hydrogens is 427 g/mol. The molecule has 0 bridgehead atoms. The van der Waals surface area contributed by atoms with Crippen LogP contribution in [0.3, 0.4) is 0 Å². The molecule has 1 atom stereocenters. The van der Waals surface area contributed by atoms with E-state index in [9.17, 15) is 9.18 Å². The van der Waals surface area contributed by atoms with Crippen molar-refractivity contribution >= 4 is 48.6 Å². The molecule has 0 spiro atoms. The average Bonchev–Trinajstić information content (AvgIpc) is 2.91. The van der Waals surface area contributed by atoms with Crippen molar-refractivity contribution in [3.63, 3.8) is 0 Å². The lowest BCUT2D eigenvalue weighted by atomic mass is 9.98. The number of halogens is 3. The zero-order valence-corrected chi connectivity index (χ0v) is 15.5. The first-order valence-electron chi connectivity index (χ1n) is 7.88. The maximum absolute atomic E-state index is 14.1. The summed E-state index contributed by atoms with van der Waals surface area (Å²) in [5, 5.41) is 0.230. The van der Waals surface area contributed by atoms with Crippen LogP contribution >= 0.6 is 31.9 Å². The third-order valence-electron chi connectivity index (χ3n) is 3.61. The number of rotatable bonds is 3. The molecule has 0 saturated heterocycles. The molecule has 5 heteroatoms. The van der Waals surface area contributed by atoms with Gasteiger partial charge in [-0.1, -0.05) is 50.0 Å². The average molecular weight is 442 g/mol. The number of alkyl halides is 1. The normalized spacial score (nSPS) is 13.8. The second kappa shape index (κ2) is 6.21. The molecule has 23 heavy (non-hydrogen) atoms.